The number of hydrogen-bond acceptors (Lipinski definition) is 6. The third-order valence-electron chi connectivity index (χ3n) is 9.52. The minimum Gasteiger partial charge on any atom is -0.462 e. The number of hydrogen-bond donors (Lipinski definition) is 0. The molecule has 0 saturated carbocycles. The van der Waals surface area contributed by atoms with Gasteiger partial charge in [0.05, 0.1) is 0 Å². The second-order valence-corrected chi connectivity index (χ2v) is 15.2. The van der Waals surface area contributed by atoms with Crippen LogP contribution in [-0.4, -0.2) is 37.2 Å². The smallest absolute Gasteiger partial charge is 0.306 e. The van der Waals surface area contributed by atoms with E-state index in [0.29, 0.717) is 19.3 Å². The van der Waals surface area contributed by atoms with Crippen LogP contribution in [0.5, 0.6) is 0 Å². The Labute approximate surface area is 368 Å². The summed E-state index contributed by atoms with van der Waals surface area (Å²) in [6.45, 7) is 6.24. The van der Waals surface area contributed by atoms with Crippen molar-refractivity contribution in [3.05, 3.63) is 109 Å². The number of allylic oxidation sites excluding steroid dienone is 18. The Bertz CT molecular complexity index is 1280. The molecule has 0 aliphatic carbocycles. The van der Waals surface area contributed by atoms with Gasteiger partial charge in [0.15, 0.2) is 6.10 Å². The summed E-state index contributed by atoms with van der Waals surface area (Å²) in [5.41, 5.74) is 0. The quantitative estimate of drug-likeness (QED) is 0.0264. The van der Waals surface area contributed by atoms with E-state index in [9.17, 15) is 14.4 Å². The zero-order chi connectivity index (χ0) is 43.7. The van der Waals surface area contributed by atoms with Gasteiger partial charge in [0.25, 0.3) is 0 Å². The molecule has 1 atom stereocenters. The number of ether oxygens (including phenoxy) is 3. The van der Waals surface area contributed by atoms with Gasteiger partial charge in [-0.2, -0.15) is 0 Å². The molecule has 0 saturated heterocycles. The molecule has 6 heteroatoms. The van der Waals surface area contributed by atoms with Crippen molar-refractivity contribution < 1.29 is 28.6 Å². The maximum atomic E-state index is 12.7. The lowest BCUT2D eigenvalue weighted by molar-refractivity contribution is -0.166. The van der Waals surface area contributed by atoms with Crippen molar-refractivity contribution in [2.24, 2.45) is 0 Å². The average molecular weight is 831 g/mol. The fraction of sp³-hybridized carbons (Fsp3) is 0.611. The maximum Gasteiger partial charge on any atom is 0.306 e. The number of esters is 3. The van der Waals surface area contributed by atoms with E-state index in [0.717, 1.165) is 83.5 Å². The molecule has 0 aliphatic heterocycles. The summed E-state index contributed by atoms with van der Waals surface area (Å²) in [5, 5.41) is 0. The number of carbonyl (C=O) groups is 3. The first-order valence-corrected chi connectivity index (χ1v) is 23.9. The second kappa shape index (κ2) is 47.7. The summed E-state index contributed by atoms with van der Waals surface area (Å²) in [5.74, 6) is -1.12. The lowest BCUT2D eigenvalue weighted by atomic mass is 10.1. The van der Waals surface area contributed by atoms with E-state index in [-0.39, 0.29) is 38.0 Å². The molecule has 0 spiro atoms. The van der Waals surface area contributed by atoms with Gasteiger partial charge in [-0.1, -0.05) is 188 Å². The molecule has 0 fully saturated rings. The minimum absolute atomic E-state index is 0.135. The van der Waals surface area contributed by atoms with Crippen LogP contribution in [0.3, 0.4) is 0 Å². The molecule has 6 nitrogen and oxygen atoms in total. The van der Waals surface area contributed by atoms with Crippen LogP contribution in [0.1, 0.15) is 194 Å². The molecule has 0 bridgehead atoms. The first-order valence-electron chi connectivity index (χ1n) is 23.9. The van der Waals surface area contributed by atoms with Gasteiger partial charge in [-0.25, -0.2) is 0 Å². The average Bonchev–Trinajstić information content (AvgIpc) is 3.24. The molecule has 0 aromatic heterocycles. The van der Waals surface area contributed by atoms with E-state index in [4.69, 9.17) is 14.2 Å². The van der Waals surface area contributed by atoms with Crippen LogP contribution in [-0.2, 0) is 28.6 Å². The monoisotopic (exact) mass is 831 g/mol. The van der Waals surface area contributed by atoms with Crippen molar-refractivity contribution in [1.29, 1.82) is 0 Å². The molecule has 0 radical (unpaired) electrons. The van der Waals surface area contributed by atoms with Crippen molar-refractivity contribution >= 4 is 17.9 Å². The van der Waals surface area contributed by atoms with Crippen LogP contribution in [0.4, 0.5) is 0 Å². The molecule has 1 unspecified atom stereocenters. The Hall–Kier alpha value is -3.93. The molecule has 0 heterocycles. The van der Waals surface area contributed by atoms with Crippen molar-refractivity contribution in [3.8, 4) is 0 Å². The Morgan fingerprint density at radius 3 is 1.12 bits per heavy atom. The standard InChI is InChI=1S/C54H86O6/c1-4-7-10-13-16-19-22-25-26-27-30-32-35-38-41-44-47-53(56)59-50-51(60-54(57)48-45-42-39-36-33-29-24-21-18-15-12-9-6-3)49-58-52(55)46-43-40-37-34-31-28-23-20-17-14-11-8-5-2/h8-9,11-12,17-18,20-21,26-29,31,33,37,39-40,42,51H,4-7,10,13-16,19,22-25,30,32,34-36,38,41,43-50H2,1-3H3/b11-8-,12-9-,20-17-,21-18-,27-26-,31-28-,33-29-,40-37-,42-39-. The van der Waals surface area contributed by atoms with Crippen LogP contribution >= 0.6 is 0 Å². The highest BCUT2D eigenvalue weighted by molar-refractivity contribution is 5.71. The van der Waals surface area contributed by atoms with Gasteiger partial charge in [0.1, 0.15) is 13.2 Å². The highest BCUT2D eigenvalue weighted by Gasteiger charge is 2.19. The second-order valence-electron chi connectivity index (χ2n) is 15.2. The van der Waals surface area contributed by atoms with Gasteiger partial charge in [0.2, 0.25) is 0 Å². The Kier molecular flexibility index (Phi) is 44.6. The maximum absolute atomic E-state index is 12.7. The van der Waals surface area contributed by atoms with E-state index in [2.05, 4.69) is 106 Å². The molecular formula is C54H86O6. The van der Waals surface area contributed by atoms with Crippen LogP contribution in [0.25, 0.3) is 0 Å². The molecule has 0 rings (SSSR count). The third kappa shape index (κ3) is 45.2. The molecule has 0 aromatic carbocycles. The summed E-state index contributed by atoms with van der Waals surface area (Å²) in [6, 6.07) is 0. The fourth-order valence-electron chi connectivity index (χ4n) is 5.99. The van der Waals surface area contributed by atoms with Crippen LogP contribution in [0, 0.1) is 0 Å². The van der Waals surface area contributed by atoms with Gasteiger partial charge in [0, 0.05) is 19.3 Å². The SMILES string of the molecule is CC/C=C\C/C=C\C/C=C\C/C=C\CCC(=O)OCC(COC(=O)CCCCCCC/C=C\CCCCCCCCC)OC(=O)CC/C=C\C/C=C\C/C=C\C/C=C\CC. The first-order chi connectivity index (χ1) is 29.5. The van der Waals surface area contributed by atoms with Gasteiger partial charge in [-0.05, 0) is 96.3 Å². The highest BCUT2D eigenvalue weighted by atomic mass is 16.6. The molecule has 60 heavy (non-hydrogen) atoms. The predicted molar refractivity (Wildman–Crippen MR) is 256 cm³/mol. The zero-order valence-corrected chi connectivity index (χ0v) is 38.4. The van der Waals surface area contributed by atoms with Gasteiger partial charge < -0.3 is 14.2 Å². The topological polar surface area (TPSA) is 78.9 Å². The fourth-order valence-corrected chi connectivity index (χ4v) is 5.99. The van der Waals surface area contributed by atoms with Crippen molar-refractivity contribution in [2.75, 3.05) is 13.2 Å². The van der Waals surface area contributed by atoms with Crippen LogP contribution in [0.2, 0.25) is 0 Å². The van der Waals surface area contributed by atoms with E-state index < -0.39 is 12.1 Å². The molecule has 0 aromatic rings. The minimum atomic E-state index is -0.848. The normalized spacial score (nSPS) is 13.1. The first kappa shape index (κ1) is 56.1. The Morgan fingerprint density at radius 1 is 0.350 bits per heavy atom. The number of rotatable bonds is 41. The van der Waals surface area contributed by atoms with Crippen molar-refractivity contribution in [2.45, 2.75) is 200 Å². The Balaban J connectivity index is 4.58. The van der Waals surface area contributed by atoms with Gasteiger partial charge in [-0.15, -0.1) is 0 Å². The Morgan fingerprint density at radius 2 is 0.683 bits per heavy atom. The predicted octanol–water partition coefficient (Wildman–Crippen LogP) is 15.6. The van der Waals surface area contributed by atoms with E-state index in [1.165, 1.54) is 57.8 Å². The van der Waals surface area contributed by atoms with Crippen molar-refractivity contribution in [3.63, 3.8) is 0 Å². The van der Waals surface area contributed by atoms with Crippen LogP contribution in [0.15, 0.2) is 109 Å². The zero-order valence-electron chi connectivity index (χ0n) is 38.4. The number of unbranched alkanes of at least 4 members (excludes halogenated alkanes) is 12. The lowest BCUT2D eigenvalue weighted by Crippen LogP contribution is -2.30. The molecular weight excluding hydrogens is 745 g/mol. The van der Waals surface area contributed by atoms with E-state index in [1.807, 2.05) is 24.3 Å². The summed E-state index contributed by atoms with van der Waals surface area (Å²) in [4.78, 5) is 37.8. The van der Waals surface area contributed by atoms with Gasteiger partial charge in [-0.3, -0.25) is 14.4 Å². The third-order valence-corrected chi connectivity index (χ3v) is 9.52. The molecule has 338 valence electrons. The van der Waals surface area contributed by atoms with Gasteiger partial charge >= 0.3 is 17.9 Å². The molecule has 0 amide bonds. The summed E-state index contributed by atoms with van der Waals surface area (Å²) < 4.78 is 16.6. The summed E-state index contributed by atoms with van der Waals surface area (Å²) in [7, 11) is 0. The van der Waals surface area contributed by atoms with Crippen molar-refractivity contribution in [1.82, 2.24) is 0 Å². The van der Waals surface area contributed by atoms with E-state index in [1.54, 1.807) is 0 Å². The summed E-state index contributed by atoms with van der Waals surface area (Å²) in [6.07, 6.45) is 63.9. The molecule has 0 aliphatic rings. The number of carbonyl (C=O) groups excluding carboxylic acids is 3. The molecule has 0 N–H and O–H groups in total. The van der Waals surface area contributed by atoms with Crippen LogP contribution < -0.4 is 0 Å². The summed E-state index contributed by atoms with van der Waals surface area (Å²) >= 11 is 0. The van der Waals surface area contributed by atoms with E-state index >= 15 is 0 Å². The largest absolute Gasteiger partial charge is 0.462 e. The highest BCUT2D eigenvalue weighted by Crippen LogP contribution is 2.12. The lowest BCUT2D eigenvalue weighted by Gasteiger charge is -2.18.